The molecule has 6 heteroatoms. The number of phenols is 2. The van der Waals surface area contributed by atoms with Crippen molar-refractivity contribution in [3.63, 3.8) is 0 Å². The van der Waals surface area contributed by atoms with Gasteiger partial charge in [0.15, 0.2) is 0 Å². The second kappa shape index (κ2) is 5.31. The van der Waals surface area contributed by atoms with Crippen LogP contribution in [-0.4, -0.2) is 21.4 Å². The number of nitroso groups, excluding NO2 is 1. The summed E-state index contributed by atoms with van der Waals surface area (Å²) in [5.74, 6) is 0.368. The van der Waals surface area contributed by atoms with Gasteiger partial charge in [0.25, 0.3) is 0 Å². The summed E-state index contributed by atoms with van der Waals surface area (Å²) < 4.78 is 5.80. The molecule has 3 N–H and O–H groups in total. The predicted molar refractivity (Wildman–Crippen MR) is 79.5 cm³/mol. The van der Waals surface area contributed by atoms with Gasteiger partial charge in [-0.3, -0.25) is 0 Å². The van der Waals surface area contributed by atoms with Crippen molar-refractivity contribution in [2.75, 3.05) is 0 Å². The Morgan fingerprint density at radius 3 is 2.68 bits per heavy atom. The van der Waals surface area contributed by atoms with Crippen LogP contribution in [0.2, 0.25) is 0 Å². The van der Waals surface area contributed by atoms with Gasteiger partial charge in [-0.25, -0.2) is 0 Å². The zero-order valence-electron chi connectivity index (χ0n) is 11.9. The van der Waals surface area contributed by atoms with Gasteiger partial charge in [-0.2, -0.15) is 0 Å². The molecule has 0 fully saturated rings. The van der Waals surface area contributed by atoms with E-state index in [1.165, 1.54) is 12.1 Å². The van der Waals surface area contributed by atoms with Crippen molar-refractivity contribution in [2.45, 2.75) is 25.6 Å². The first-order valence-electron chi connectivity index (χ1n) is 6.83. The summed E-state index contributed by atoms with van der Waals surface area (Å²) in [6.45, 7) is 1.83. The van der Waals surface area contributed by atoms with Crippen LogP contribution in [0.3, 0.4) is 0 Å². The number of aliphatic hydroxyl groups excluding tert-OH is 1. The number of hydrogen-bond acceptors (Lipinski definition) is 6. The van der Waals surface area contributed by atoms with Crippen molar-refractivity contribution in [3.8, 4) is 17.2 Å². The lowest BCUT2D eigenvalue weighted by Gasteiger charge is -2.31. The Kier molecular flexibility index (Phi) is 3.46. The van der Waals surface area contributed by atoms with Crippen molar-refractivity contribution in [1.82, 2.24) is 0 Å². The Morgan fingerprint density at radius 2 is 1.95 bits per heavy atom. The van der Waals surface area contributed by atoms with Gasteiger partial charge in [-0.15, -0.1) is 4.91 Å². The number of aliphatic hydroxyl groups is 1. The number of rotatable bonds is 2. The quantitative estimate of drug-likeness (QED) is 0.741. The largest absolute Gasteiger partial charge is 0.508 e. The van der Waals surface area contributed by atoms with E-state index in [-0.39, 0.29) is 23.6 Å². The van der Waals surface area contributed by atoms with Crippen LogP contribution in [0.4, 0.5) is 5.69 Å². The molecule has 2 aromatic carbocycles. The highest BCUT2D eigenvalue weighted by molar-refractivity contribution is 5.54. The Labute approximate surface area is 126 Å². The summed E-state index contributed by atoms with van der Waals surface area (Å²) >= 11 is 0. The van der Waals surface area contributed by atoms with E-state index in [0.29, 0.717) is 16.9 Å². The van der Waals surface area contributed by atoms with Crippen molar-refractivity contribution in [2.24, 2.45) is 5.18 Å². The van der Waals surface area contributed by atoms with Gasteiger partial charge in [-0.05, 0) is 47.5 Å². The molecule has 0 radical (unpaired) electrons. The van der Waals surface area contributed by atoms with Gasteiger partial charge < -0.3 is 20.1 Å². The molecule has 6 nitrogen and oxygen atoms in total. The second-order valence-corrected chi connectivity index (χ2v) is 5.41. The monoisotopic (exact) mass is 301 g/mol. The highest BCUT2D eigenvalue weighted by Crippen LogP contribution is 2.41. The van der Waals surface area contributed by atoms with Gasteiger partial charge in [0.1, 0.15) is 29.0 Å². The van der Waals surface area contributed by atoms with Crippen molar-refractivity contribution < 1.29 is 20.1 Å². The molecule has 2 atom stereocenters. The maximum atomic E-state index is 10.7. The first-order chi connectivity index (χ1) is 10.5. The fraction of sp³-hybridized carbons (Fsp3) is 0.250. The molecule has 0 amide bonds. The average molecular weight is 301 g/mol. The molecule has 1 aliphatic heterocycles. The van der Waals surface area contributed by atoms with E-state index in [1.54, 1.807) is 18.2 Å². The van der Waals surface area contributed by atoms with Crippen molar-refractivity contribution in [3.05, 3.63) is 51.9 Å². The normalized spacial score (nSPS) is 20.1. The molecule has 0 aromatic heterocycles. The molecule has 2 unspecified atom stereocenters. The van der Waals surface area contributed by atoms with Crippen LogP contribution in [0.1, 0.15) is 22.8 Å². The van der Waals surface area contributed by atoms with Gasteiger partial charge in [-0.1, -0.05) is 6.07 Å². The number of hydrogen-bond donors (Lipinski definition) is 3. The molecular weight excluding hydrogens is 286 g/mol. The fourth-order valence-electron chi connectivity index (χ4n) is 2.69. The third-order valence-electron chi connectivity index (χ3n) is 3.77. The summed E-state index contributed by atoms with van der Waals surface area (Å²) in [6.07, 6.45) is -1.35. The molecular formula is C16H15NO5. The number of ether oxygens (including phenoxy) is 1. The van der Waals surface area contributed by atoms with Crippen LogP contribution in [0.5, 0.6) is 17.2 Å². The molecule has 0 aliphatic carbocycles. The predicted octanol–water partition coefficient (Wildman–Crippen LogP) is 2.84. The van der Waals surface area contributed by atoms with E-state index in [2.05, 4.69) is 5.18 Å². The van der Waals surface area contributed by atoms with Crippen molar-refractivity contribution in [1.29, 1.82) is 0 Å². The minimum absolute atomic E-state index is 0.0912. The van der Waals surface area contributed by atoms with Gasteiger partial charge in [0.2, 0.25) is 0 Å². The molecule has 3 rings (SSSR count). The third-order valence-corrected chi connectivity index (χ3v) is 3.77. The Balaban J connectivity index is 2.01. The molecule has 2 aromatic rings. The number of benzene rings is 2. The number of aryl methyl sites for hydroxylation is 1. The lowest BCUT2D eigenvalue weighted by molar-refractivity contribution is 0.0199. The zero-order valence-corrected chi connectivity index (χ0v) is 11.9. The molecule has 0 saturated carbocycles. The summed E-state index contributed by atoms with van der Waals surface area (Å²) in [5.41, 5.74) is 1.83. The average Bonchev–Trinajstić information content (AvgIpc) is 2.48. The summed E-state index contributed by atoms with van der Waals surface area (Å²) in [7, 11) is 0. The Morgan fingerprint density at radius 1 is 1.18 bits per heavy atom. The lowest BCUT2D eigenvalue weighted by atomic mass is 9.93. The van der Waals surface area contributed by atoms with E-state index < -0.39 is 12.2 Å². The van der Waals surface area contributed by atoms with Crippen LogP contribution in [0.15, 0.2) is 35.5 Å². The highest BCUT2D eigenvalue weighted by Gasteiger charge is 2.32. The SMILES string of the molecule is Cc1cc(O)c2c(c1)OC(c1ccc(O)c(N=O)c1)C(O)C2. The van der Waals surface area contributed by atoms with Crippen LogP contribution in [0.25, 0.3) is 0 Å². The smallest absolute Gasteiger partial charge is 0.150 e. The van der Waals surface area contributed by atoms with Gasteiger partial charge in [0.05, 0.1) is 6.10 Å². The molecule has 0 saturated heterocycles. The minimum atomic E-state index is -0.884. The highest BCUT2D eigenvalue weighted by atomic mass is 16.5. The van der Waals surface area contributed by atoms with E-state index in [4.69, 9.17) is 4.74 Å². The summed E-state index contributed by atoms with van der Waals surface area (Å²) in [4.78, 5) is 10.7. The molecule has 0 bridgehead atoms. The lowest BCUT2D eigenvalue weighted by Crippen LogP contribution is -2.30. The first kappa shape index (κ1) is 14.3. The molecule has 1 heterocycles. The molecule has 22 heavy (non-hydrogen) atoms. The molecule has 1 aliphatic rings. The topological polar surface area (TPSA) is 99.4 Å². The van der Waals surface area contributed by atoms with Crippen LogP contribution >= 0.6 is 0 Å². The summed E-state index contributed by atoms with van der Waals surface area (Å²) in [5, 5.41) is 32.5. The number of phenolic OH excluding ortho intramolecular Hbond substituents is 2. The second-order valence-electron chi connectivity index (χ2n) is 5.41. The van der Waals surface area contributed by atoms with Gasteiger partial charge >= 0.3 is 0 Å². The third kappa shape index (κ3) is 2.37. The van der Waals surface area contributed by atoms with Crippen molar-refractivity contribution >= 4 is 5.69 Å². The van der Waals surface area contributed by atoms with E-state index in [9.17, 15) is 20.2 Å². The zero-order chi connectivity index (χ0) is 15.9. The minimum Gasteiger partial charge on any atom is -0.508 e. The molecule has 114 valence electrons. The number of fused-ring (bicyclic) bond motifs is 1. The maximum absolute atomic E-state index is 10.7. The van der Waals surface area contributed by atoms with E-state index >= 15 is 0 Å². The maximum Gasteiger partial charge on any atom is 0.150 e. The van der Waals surface area contributed by atoms with Gasteiger partial charge in [0, 0.05) is 12.0 Å². The first-order valence-corrected chi connectivity index (χ1v) is 6.83. The Hall–Kier alpha value is -2.60. The van der Waals surface area contributed by atoms with E-state index in [0.717, 1.165) is 5.56 Å². The number of nitrogens with zero attached hydrogens (tertiary/aromatic N) is 1. The Bertz CT molecular complexity index is 744. The fourth-order valence-corrected chi connectivity index (χ4v) is 2.69. The van der Waals surface area contributed by atoms with Crippen LogP contribution < -0.4 is 4.74 Å². The molecule has 0 spiro atoms. The van der Waals surface area contributed by atoms with Crippen LogP contribution in [0, 0.1) is 11.8 Å². The van der Waals surface area contributed by atoms with E-state index in [1.807, 2.05) is 6.92 Å². The summed E-state index contributed by atoms with van der Waals surface area (Å²) in [6, 6.07) is 7.69. The number of aromatic hydroxyl groups is 2. The standard InChI is InChI=1S/C16H15NO5/c1-8-4-13(19)10-7-14(20)16(22-15(10)5-8)9-2-3-12(18)11(6-9)17-21/h2-6,14,16,18-20H,7H2,1H3. The van der Waals surface area contributed by atoms with Crippen LogP contribution in [-0.2, 0) is 6.42 Å².